The zero-order chi connectivity index (χ0) is 34.4. The fraction of sp³-hybridized carbons (Fsp3) is 0.294. The fourth-order valence-corrected chi connectivity index (χ4v) is 7.02. The maximum absolute atomic E-state index is 14.1. The first-order valence-electron chi connectivity index (χ1n) is 15.2. The normalized spacial score (nSPS) is 13.8. The van der Waals surface area contributed by atoms with E-state index in [4.69, 9.17) is 35.9 Å². The third-order valence-corrected chi connectivity index (χ3v) is 9.62. The first-order chi connectivity index (χ1) is 23.2. The van der Waals surface area contributed by atoms with Gasteiger partial charge in [0.25, 0.3) is 11.8 Å². The number of fused-ring (bicyclic) bond motifs is 1. The third kappa shape index (κ3) is 7.58. The van der Waals surface area contributed by atoms with Crippen LogP contribution in [0.1, 0.15) is 37.9 Å². The molecule has 1 unspecified atom stereocenters. The van der Waals surface area contributed by atoms with Gasteiger partial charge in [0.05, 0.1) is 30.0 Å². The van der Waals surface area contributed by atoms with Gasteiger partial charge in [0.2, 0.25) is 11.1 Å². The number of rotatable bonds is 13. The number of ether oxygens (including phenoxy) is 3. The van der Waals surface area contributed by atoms with E-state index < -0.39 is 6.04 Å². The molecule has 5 rings (SSSR count). The number of carbonyl (C=O) groups is 2. The smallest absolute Gasteiger partial charge is 0.260 e. The van der Waals surface area contributed by atoms with Crippen LogP contribution in [0.25, 0.3) is 0 Å². The van der Waals surface area contributed by atoms with Crippen molar-refractivity contribution in [3.63, 3.8) is 0 Å². The van der Waals surface area contributed by atoms with Crippen molar-refractivity contribution in [1.82, 2.24) is 19.7 Å². The Morgan fingerprint density at radius 1 is 1.06 bits per heavy atom. The molecule has 2 heterocycles. The number of nitrogens with zero attached hydrogens (tertiary/aromatic N) is 4. The molecule has 11 nitrogen and oxygen atoms in total. The van der Waals surface area contributed by atoms with Crippen LogP contribution >= 0.6 is 39.3 Å². The summed E-state index contributed by atoms with van der Waals surface area (Å²) in [7, 11) is 3.07. The van der Waals surface area contributed by atoms with E-state index in [0.717, 1.165) is 5.56 Å². The van der Waals surface area contributed by atoms with Gasteiger partial charge in [0, 0.05) is 29.6 Å². The highest BCUT2D eigenvalue weighted by Crippen LogP contribution is 2.43. The predicted octanol–water partition coefficient (Wildman–Crippen LogP) is 7.18. The van der Waals surface area contributed by atoms with E-state index in [2.05, 4.69) is 26.6 Å². The van der Waals surface area contributed by atoms with E-state index in [1.807, 2.05) is 63.2 Å². The van der Waals surface area contributed by atoms with Crippen LogP contribution in [-0.2, 0) is 15.3 Å². The number of carbonyl (C=O) groups excluding carboxylic acids is 2. The van der Waals surface area contributed by atoms with Crippen molar-refractivity contribution in [2.45, 2.75) is 37.7 Å². The zero-order valence-electron chi connectivity index (χ0n) is 27.2. The number of benzene rings is 3. The van der Waals surface area contributed by atoms with Crippen LogP contribution in [0.2, 0.25) is 5.02 Å². The molecule has 0 bridgehead atoms. The Labute approximate surface area is 297 Å². The van der Waals surface area contributed by atoms with E-state index in [-0.39, 0.29) is 18.4 Å². The molecule has 48 heavy (non-hydrogen) atoms. The number of halogens is 2. The van der Waals surface area contributed by atoms with E-state index in [9.17, 15) is 9.59 Å². The minimum absolute atomic E-state index is 0.140. The van der Waals surface area contributed by atoms with Crippen LogP contribution in [0.3, 0.4) is 0 Å². The summed E-state index contributed by atoms with van der Waals surface area (Å²) in [5, 5.41) is 12.3. The number of para-hydroxylation sites is 2. The van der Waals surface area contributed by atoms with Crippen molar-refractivity contribution in [3.8, 4) is 17.2 Å². The number of anilines is 2. The van der Waals surface area contributed by atoms with E-state index in [1.54, 1.807) is 34.9 Å². The molecular formula is C34H36BrClN6O5S. The molecule has 1 aliphatic rings. The Balaban J connectivity index is 1.54. The molecule has 0 fully saturated rings. The van der Waals surface area contributed by atoms with Gasteiger partial charge in [-0.15, -0.1) is 5.10 Å². The van der Waals surface area contributed by atoms with Gasteiger partial charge < -0.3 is 29.7 Å². The Bertz CT molecular complexity index is 1850. The monoisotopic (exact) mass is 754 g/mol. The fourth-order valence-electron chi connectivity index (χ4n) is 5.33. The minimum Gasteiger partial charge on any atom is -0.495 e. The van der Waals surface area contributed by atoms with Gasteiger partial charge in [-0.2, -0.15) is 4.98 Å². The third-order valence-electron chi connectivity index (χ3n) is 7.77. The number of hydrogen-bond donors (Lipinski definition) is 2. The molecule has 2 amide bonds. The number of allylic oxidation sites excluding steroid dienone is 1. The second kappa shape index (κ2) is 15.8. The number of aromatic nitrogens is 3. The molecule has 1 aromatic heterocycles. The first kappa shape index (κ1) is 35.1. The number of likely N-dealkylation sites (N-methyl/N-ethyl adjacent to an activating group) is 1. The summed E-state index contributed by atoms with van der Waals surface area (Å²) < 4.78 is 19.4. The standard InChI is InChI=1S/C34H36BrClN6O5S/c1-6-41(7-2)28(43)18-47-31-23(35)16-22(17-27(31)46-5)30-29(32(44)38-25-14-10-11-15-26(25)45-4)20(3)37-33-39-34(40-42(30)33)48-19-21-12-8-9-13-24(21)36/h8-17,30H,6-7,18-19H2,1-5H3,(H,38,44)(H,37,39,40). The summed E-state index contributed by atoms with van der Waals surface area (Å²) in [6.45, 7) is 6.66. The summed E-state index contributed by atoms with van der Waals surface area (Å²) in [5.74, 6) is 1.79. The number of methoxy groups -OCH3 is 2. The first-order valence-corrected chi connectivity index (χ1v) is 17.4. The number of thioether (sulfide) groups is 1. The maximum atomic E-state index is 14.1. The van der Waals surface area contributed by atoms with Gasteiger partial charge in [0.15, 0.2) is 18.1 Å². The van der Waals surface area contributed by atoms with Gasteiger partial charge in [-0.1, -0.05) is 53.7 Å². The lowest BCUT2D eigenvalue weighted by molar-refractivity contribution is -0.133. The van der Waals surface area contributed by atoms with Crippen LogP contribution in [0.5, 0.6) is 17.2 Å². The molecular weight excluding hydrogens is 720 g/mol. The van der Waals surface area contributed by atoms with E-state index in [0.29, 0.717) is 79.2 Å². The Hall–Kier alpha value is -4.20. The van der Waals surface area contributed by atoms with Crippen molar-refractivity contribution < 1.29 is 23.8 Å². The molecule has 2 N–H and O–H groups in total. The van der Waals surface area contributed by atoms with Gasteiger partial charge in [0.1, 0.15) is 11.8 Å². The maximum Gasteiger partial charge on any atom is 0.260 e. The molecule has 3 aromatic carbocycles. The lowest BCUT2D eigenvalue weighted by atomic mass is 9.94. The highest BCUT2D eigenvalue weighted by Gasteiger charge is 2.36. The molecule has 0 radical (unpaired) electrons. The molecule has 1 aliphatic heterocycles. The van der Waals surface area contributed by atoms with E-state index >= 15 is 0 Å². The molecule has 4 aromatic rings. The van der Waals surface area contributed by atoms with Crippen molar-refractivity contribution in [3.05, 3.63) is 92.6 Å². The second-order valence-corrected chi connectivity index (χ2v) is 12.9. The molecule has 0 saturated carbocycles. The molecule has 14 heteroatoms. The Morgan fingerprint density at radius 2 is 1.77 bits per heavy atom. The summed E-state index contributed by atoms with van der Waals surface area (Å²) in [6.07, 6.45) is 0. The molecule has 0 saturated heterocycles. The van der Waals surface area contributed by atoms with Crippen LogP contribution in [0, 0.1) is 0 Å². The number of hydrogen-bond acceptors (Lipinski definition) is 9. The van der Waals surface area contributed by atoms with E-state index in [1.165, 1.54) is 18.9 Å². The Kier molecular flexibility index (Phi) is 11.6. The van der Waals surface area contributed by atoms with Gasteiger partial charge in [-0.3, -0.25) is 9.59 Å². The van der Waals surface area contributed by atoms with Crippen LogP contribution in [-0.4, -0.2) is 65.4 Å². The van der Waals surface area contributed by atoms with Crippen molar-refractivity contribution in [1.29, 1.82) is 0 Å². The van der Waals surface area contributed by atoms with Crippen molar-refractivity contribution in [2.24, 2.45) is 0 Å². The number of nitrogens with one attached hydrogen (secondary N) is 2. The van der Waals surface area contributed by atoms with Crippen LogP contribution in [0.15, 0.2) is 81.6 Å². The van der Waals surface area contributed by atoms with Gasteiger partial charge >= 0.3 is 0 Å². The quantitative estimate of drug-likeness (QED) is 0.137. The summed E-state index contributed by atoms with van der Waals surface area (Å²) in [4.78, 5) is 33.3. The second-order valence-electron chi connectivity index (χ2n) is 10.7. The molecule has 252 valence electrons. The minimum atomic E-state index is -0.727. The molecule has 1 atom stereocenters. The van der Waals surface area contributed by atoms with Crippen molar-refractivity contribution in [2.75, 3.05) is 44.5 Å². The van der Waals surface area contributed by atoms with Crippen molar-refractivity contribution >= 4 is 62.7 Å². The average molecular weight is 756 g/mol. The van der Waals surface area contributed by atoms with Gasteiger partial charge in [-0.25, -0.2) is 4.68 Å². The lowest BCUT2D eigenvalue weighted by Gasteiger charge is -2.29. The summed E-state index contributed by atoms with van der Waals surface area (Å²) in [5.41, 5.74) is 3.14. The highest BCUT2D eigenvalue weighted by molar-refractivity contribution is 9.10. The average Bonchev–Trinajstić information content (AvgIpc) is 3.49. The summed E-state index contributed by atoms with van der Waals surface area (Å²) in [6, 6.07) is 17.7. The molecule has 0 spiro atoms. The van der Waals surface area contributed by atoms with Gasteiger partial charge in [-0.05, 0) is 78.2 Å². The number of amides is 2. The lowest BCUT2D eigenvalue weighted by Crippen LogP contribution is -2.34. The SMILES string of the molecule is CCN(CC)C(=O)COc1c(Br)cc(C2C(C(=O)Nc3ccccc3OC)=C(C)Nc3nc(SCc4ccccc4Cl)nn32)cc1OC. The highest BCUT2D eigenvalue weighted by atomic mass is 79.9. The predicted molar refractivity (Wildman–Crippen MR) is 191 cm³/mol. The van der Waals surface area contributed by atoms with Crippen LogP contribution < -0.4 is 24.8 Å². The summed E-state index contributed by atoms with van der Waals surface area (Å²) >= 11 is 11.5. The largest absolute Gasteiger partial charge is 0.495 e. The molecule has 0 aliphatic carbocycles. The van der Waals surface area contributed by atoms with Crippen LogP contribution in [0.4, 0.5) is 11.6 Å². The Morgan fingerprint density at radius 3 is 2.48 bits per heavy atom. The topological polar surface area (TPSA) is 120 Å². The zero-order valence-corrected chi connectivity index (χ0v) is 30.3.